The van der Waals surface area contributed by atoms with Gasteiger partial charge in [0.1, 0.15) is 10.7 Å². The van der Waals surface area contributed by atoms with Crippen molar-refractivity contribution in [2.45, 2.75) is 51.5 Å². The van der Waals surface area contributed by atoms with Crippen molar-refractivity contribution in [2.24, 2.45) is 5.41 Å². The normalized spacial score (nSPS) is 13.5. The van der Waals surface area contributed by atoms with E-state index >= 15 is 0 Å². The molecular weight excluding hydrogens is 298 g/mol. The van der Waals surface area contributed by atoms with Gasteiger partial charge in [0.05, 0.1) is 5.02 Å². The second-order valence-electron chi connectivity index (χ2n) is 6.76. The number of nitrogens with one attached hydrogen (secondary N) is 1. The summed E-state index contributed by atoms with van der Waals surface area (Å²) in [4.78, 5) is 3.79. The topological polar surface area (TPSA) is 85.1 Å². The van der Waals surface area contributed by atoms with Gasteiger partial charge in [-0.2, -0.15) is 0 Å². The first-order valence-corrected chi connectivity index (χ1v) is 8.14. The van der Waals surface area contributed by atoms with Crippen molar-refractivity contribution in [1.29, 1.82) is 0 Å². The molecule has 0 aliphatic carbocycles. The number of halogens is 1. The molecule has 0 amide bonds. The van der Waals surface area contributed by atoms with Gasteiger partial charge in [-0.3, -0.25) is 0 Å². The summed E-state index contributed by atoms with van der Waals surface area (Å²) in [5, 5.41) is 0.126. The fraction of sp³-hybridized carbons (Fsp3) is 0.615. The lowest BCUT2D eigenvalue weighted by Gasteiger charge is -2.32. The van der Waals surface area contributed by atoms with E-state index in [0.717, 1.165) is 0 Å². The zero-order valence-electron chi connectivity index (χ0n) is 12.5. The van der Waals surface area contributed by atoms with Crippen LogP contribution in [0.5, 0.6) is 0 Å². The number of pyridine rings is 1. The van der Waals surface area contributed by atoms with E-state index in [4.69, 9.17) is 17.3 Å². The quantitative estimate of drug-likeness (QED) is 0.893. The number of rotatable bonds is 4. The number of aromatic nitrogens is 1. The SMILES string of the molecule is CC(C)(C)CC(C)(C)NS(=O)(=O)c1cnc(N)c(Cl)c1. The molecular formula is C13H22ClN3O2S. The van der Waals surface area contributed by atoms with E-state index in [2.05, 4.69) is 30.5 Å². The van der Waals surface area contributed by atoms with Crippen molar-refractivity contribution in [3.05, 3.63) is 17.3 Å². The molecule has 1 aromatic rings. The first-order valence-electron chi connectivity index (χ1n) is 6.27. The first-order chi connectivity index (χ1) is 8.82. The second-order valence-corrected chi connectivity index (χ2v) is 8.85. The average Bonchev–Trinajstić information content (AvgIpc) is 2.16. The molecule has 0 unspecified atom stereocenters. The van der Waals surface area contributed by atoms with Crippen molar-refractivity contribution in [2.75, 3.05) is 5.73 Å². The van der Waals surface area contributed by atoms with Gasteiger partial charge < -0.3 is 5.73 Å². The molecule has 0 atom stereocenters. The van der Waals surface area contributed by atoms with E-state index in [1.165, 1.54) is 12.3 Å². The highest BCUT2D eigenvalue weighted by molar-refractivity contribution is 7.89. The summed E-state index contributed by atoms with van der Waals surface area (Å²) in [6, 6.07) is 1.30. The maximum Gasteiger partial charge on any atom is 0.242 e. The van der Waals surface area contributed by atoms with Crippen LogP contribution in [0.2, 0.25) is 5.02 Å². The zero-order valence-corrected chi connectivity index (χ0v) is 14.1. The van der Waals surface area contributed by atoms with Gasteiger partial charge in [0.25, 0.3) is 0 Å². The van der Waals surface area contributed by atoms with Crippen LogP contribution in [0, 0.1) is 5.41 Å². The second kappa shape index (κ2) is 5.50. The molecule has 1 heterocycles. The Morgan fingerprint density at radius 3 is 2.30 bits per heavy atom. The predicted molar refractivity (Wildman–Crippen MR) is 82.1 cm³/mol. The molecule has 3 N–H and O–H groups in total. The third-order valence-electron chi connectivity index (χ3n) is 2.54. The lowest BCUT2D eigenvalue weighted by atomic mass is 9.82. The molecule has 114 valence electrons. The number of hydrogen-bond donors (Lipinski definition) is 2. The average molecular weight is 320 g/mol. The van der Waals surface area contributed by atoms with E-state index in [0.29, 0.717) is 6.42 Å². The maximum absolute atomic E-state index is 12.3. The third kappa shape index (κ3) is 4.92. The molecule has 0 bridgehead atoms. The van der Waals surface area contributed by atoms with Crippen molar-refractivity contribution in [3.8, 4) is 0 Å². The monoisotopic (exact) mass is 319 g/mol. The Morgan fingerprint density at radius 2 is 1.85 bits per heavy atom. The van der Waals surface area contributed by atoms with Crippen LogP contribution < -0.4 is 10.5 Å². The van der Waals surface area contributed by atoms with Crippen molar-refractivity contribution < 1.29 is 8.42 Å². The molecule has 1 rings (SSSR count). The fourth-order valence-electron chi connectivity index (χ4n) is 2.36. The summed E-state index contributed by atoms with van der Waals surface area (Å²) in [6.07, 6.45) is 1.89. The smallest absolute Gasteiger partial charge is 0.242 e. The fourth-order valence-corrected chi connectivity index (χ4v) is 3.98. The maximum atomic E-state index is 12.3. The van der Waals surface area contributed by atoms with Crippen LogP contribution in [0.15, 0.2) is 17.2 Å². The van der Waals surface area contributed by atoms with Crippen LogP contribution in [0.25, 0.3) is 0 Å². The molecule has 0 aliphatic heterocycles. The van der Waals surface area contributed by atoms with Gasteiger partial charge in [0.15, 0.2) is 0 Å². The molecule has 20 heavy (non-hydrogen) atoms. The number of sulfonamides is 1. The summed E-state index contributed by atoms with van der Waals surface area (Å²) >= 11 is 5.82. The summed E-state index contributed by atoms with van der Waals surface area (Å²) < 4.78 is 27.4. The van der Waals surface area contributed by atoms with E-state index in [-0.39, 0.29) is 21.2 Å². The number of nitrogens with two attached hydrogens (primary N) is 1. The van der Waals surface area contributed by atoms with Crippen LogP contribution >= 0.6 is 11.6 Å². The third-order valence-corrected chi connectivity index (χ3v) is 4.51. The largest absolute Gasteiger partial charge is 0.382 e. The van der Waals surface area contributed by atoms with Crippen molar-refractivity contribution >= 4 is 27.4 Å². The molecule has 0 saturated heterocycles. The van der Waals surface area contributed by atoms with Gasteiger partial charge in [-0.25, -0.2) is 18.1 Å². The van der Waals surface area contributed by atoms with Crippen LogP contribution in [0.3, 0.4) is 0 Å². The van der Waals surface area contributed by atoms with E-state index in [1.54, 1.807) is 0 Å². The zero-order chi connectivity index (χ0) is 15.8. The van der Waals surface area contributed by atoms with Gasteiger partial charge in [-0.15, -0.1) is 0 Å². The Hall–Kier alpha value is -0.850. The van der Waals surface area contributed by atoms with Crippen LogP contribution in [0.4, 0.5) is 5.82 Å². The lowest BCUT2D eigenvalue weighted by molar-refractivity contribution is 0.269. The van der Waals surface area contributed by atoms with E-state index < -0.39 is 15.6 Å². The molecule has 7 heteroatoms. The highest BCUT2D eigenvalue weighted by Crippen LogP contribution is 2.28. The Morgan fingerprint density at radius 1 is 1.30 bits per heavy atom. The lowest BCUT2D eigenvalue weighted by Crippen LogP contribution is -2.45. The molecule has 0 aromatic carbocycles. The molecule has 0 aliphatic rings. The van der Waals surface area contributed by atoms with Crippen LogP contribution in [-0.4, -0.2) is 18.9 Å². The Bertz CT molecular complexity index is 592. The molecule has 0 radical (unpaired) electrons. The standard InChI is InChI=1S/C13H22ClN3O2S/c1-12(2,3)8-13(4,5)17-20(18,19)9-6-10(14)11(15)16-7-9/h6-7,17H,8H2,1-5H3,(H2,15,16). The number of anilines is 1. The summed E-state index contributed by atoms with van der Waals surface area (Å²) in [7, 11) is -3.68. The molecule has 1 aromatic heterocycles. The minimum absolute atomic E-state index is 0.00301. The van der Waals surface area contributed by atoms with E-state index in [1.807, 2.05) is 13.8 Å². The van der Waals surface area contributed by atoms with Crippen LogP contribution in [0.1, 0.15) is 41.0 Å². The van der Waals surface area contributed by atoms with Gasteiger partial charge in [-0.1, -0.05) is 32.4 Å². The van der Waals surface area contributed by atoms with E-state index in [9.17, 15) is 8.42 Å². The van der Waals surface area contributed by atoms with Crippen molar-refractivity contribution in [1.82, 2.24) is 9.71 Å². The summed E-state index contributed by atoms with van der Waals surface area (Å²) in [5.41, 5.74) is 4.91. The van der Waals surface area contributed by atoms with Gasteiger partial charge in [-0.05, 0) is 31.7 Å². The van der Waals surface area contributed by atoms with Crippen molar-refractivity contribution in [3.63, 3.8) is 0 Å². The minimum atomic E-state index is -3.68. The summed E-state index contributed by atoms with van der Waals surface area (Å²) in [5.74, 6) is 0.111. The highest BCUT2D eigenvalue weighted by Gasteiger charge is 2.30. The first kappa shape index (κ1) is 17.2. The Kier molecular flexibility index (Phi) is 4.73. The van der Waals surface area contributed by atoms with Crippen LogP contribution in [-0.2, 0) is 10.0 Å². The molecule has 5 nitrogen and oxygen atoms in total. The molecule has 0 saturated carbocycles. The number of nitrogen functional groups attached to an aromatic ring is 1. The highest BCUT2D eigenvalue weighted by atomic mass is 35.5. The predicted octanol–water partition coefficient (Wildman–Crippen LogP) is 2.81. The molecule has 0 fully saturated rings. The van der Waals surface area contributed by atoms with Gasteiger partial charge in [0.2, 0.25) is 10.0 Å². The minimum Gasteiger partial charge on any atom is -0.382 e. The number of hydrogen-bond acceptors (Lipinski definition) is 4. The Labute approximate surface area is 126 Å². The van der Waals surface area contributed by atoms with Gasteiger partial charge in [0, 0.05) is 11.7 Å². The Balaban J connectivity index is 3.03. The molecule has 0 spiro atoms. The number of nitrogens with zero attached hydrogens (tertiary/aromatic N) is 1. The van der Waals surface area contributed by atoms with Gasteiger partial charge >= 0.3 is 0 Å². The summed E-state index contributed by atoms with van der Waals surface area (Å²) in [6.45, 7) is 9.88.